The zero-order valence-electron chi connectivity index (χ0n) is 19.7. The number of sulfonamides is 1. The van der Waals surface area contributed by atoms with Crippen molar-refractivity contribution in [3.63, 3.8) is 0 Å². The van der Waals surface area contributed by atoms with E-state index in [2.05, 4.69) is 4.98 Å². The zero-order chi connectivity index (χ0) is 26.9. The van der Waals surface area contributed by atoms with Crippen molar-refractivity contribution in [1.82, 2.24) is 14.3 Å². The monoisotopic (exact) mass is 535 g/mol. The first-order valence-corrected chi connectivity index (χ1v) is 12.9. The highest BCUT2D eigenvalue weighted by atomic mass is 32.2. The van der Waals surface area contributed by atoms with E-state index in [4.69, 9.17) is 0 Å². The second kappa shape index (κ2) is 9.79. The van der Waals surface area contributed by atoms with Crippen molar-refractivity contribution in [1.29, 1.82) is 0 Å². The van der Waals surface area contributed by atoms with Crippen LogP contribution in [0.2, 0.25) is 0 Å². The largest absolute Gasteiger partial charge is 0.449 e. The summed E-state index contributed by atoms with van der Waals surface area (Å²) in [5.41, 5.74) is 2.49. The molecule has 1 N–H and O–H groups in total. The minimum Gasteiger partial charge on any atom is -0.316 e. The molecule has 0 spiro atoms. The molecular formula is C28H20F3N3O3S. The molecule has 0 aliphatic heterocycles. The lowest BCUT2D eigenvalue weighted by Crippen LogP contribution is -2.30. The molecule has 0 saturated carbocycles. The number of aromatic nitrogens is 2. The molecule has 38 heavy (non-hydrogen) atoms. The van der Waals surface area contributed by atoms with Gasteiger partial charge in [0.2, 0.25) is 5.82 Å². The summed E-state index contributed by atoms with van der Waals surface area (Å²) in [4.78, 5) is 16.3. The number of imidazole rings is 1. The minimum absolute atomic E-state index is 0.0806. The second-order valence-corrected chi connectivity index (χ2v) is 10.2. The van der Waals surface area contributed by atoms with Gasteiger partial charge in [-0.2, -0.15) is 13.2 Å². The number of alkyl halides is 3. The number of fused-ring (bicyclic) bond motifs is 1. The lowest BCUT2D eigenvalue weighted by molar-refractivity contribution is -0.146. The molecule has 1 amide bonds. The Morgan fingerprint density at radius 3 is 2.05 bits per heavy atom. The molecule has 192 valence electrons. The zero-order valence-corrected chi connectivity index (χ0v) is 20.5. The second-order valence-electron chi connectivity index (χ2n) is 8.53. The molecule has 1 aromatic heterocycles. The number of hydrogen-bond donors (Lipinski definition) is 1. The number of nitrogens with zero attached hydrogens (tertiary/aromatic N) is 2. The lowest BCUT2D eigenvalue weighted by atomic mass is 10.0. The number of hydrogen-bond acceptors (Lipinski definition) is 4. The molecule has 0 atom stereocenters. The van der Waals surface area contributed by atoms with E-state index in [9.17, 15) is 26.4 Å². The smallest absolute Gasteiger partial charge is 0.316 e. The molecule has 5 aromatic rings. The van der Waals surface area contributed by atoms with Crippen molar-refractivity contribution in [2.24, 2.45) is 0 Å². The van der Waals surface area contributed by atoms with Crippen LogP contribution in [-0.2, 0) is 22.7 Å². The van der Waals surface area contributed by atoms with E-state index in [1.165, 1.54) is 36.4 Å². The van der Waals surface area contributed by atoms with Crippen molar-refractivity contribution in [2.75, 3.05) is 0 Å². The quantitative estimate of drug-likeness (QED) is 0.294. The molecule has 5 rings (SSSR count). The van der Waals surface area contributed by atoms with Crippen LogP contribution in [0.4, 0.5) is 13.2 Å². The van der Waals surface area contributed by atoms with Gasteiger partial charge >= 0.3 is 6.18 Å². The van der Waals surface area contributed by atoms with Crippen LogP contribution in [0.25, 0.3) is 22.2 Å². The van der Waals surface area contributed by atoms with E-state index in [0.29, 0.717) is 5.56 Å². The van der Waals surface area contributed by atoms with E-state index in [0.717, 1.165) is 21.8 Å². The van der Waals surface area contributed by atoms with Gasteiger partial charge in [0.15, 0.2) is 0 Å². The number of nitrogens with one attached hydrogen (secondary N) is 1. The summed E-state index contributed by atoms with van der Waals surface area (Å²) in [5.74, 6) is -2.09. The van der Waals surface area contributed by atoms with Crippen molar-refractivity contribution in [3.05, 3.63) is 120 Å². The van der Waals surface area contributed by atoms with Gasteiger partial charge in [-0.05, 0) is 47.0 Å². The Morgan fingerprint density at radius 1 is 0.816 bits per heavy atom. The lowest BCUT2D eigenvalue weighted by Gasteiger charge is -2.12. The Bertz CT molecular complexity index is 1720. The third-order valence-corrected chi connectivity index (χ3v) is 7.29. The predicted molar refractivity (Wildman–Crippen MR) is 137 cm³/mol. The standard InChI is InChI=1S/C28H20F3N3O3S/c29-28(30,31)27-32-24-17-22(26(35)33-38(36,37)23-9-5-2-6-10-23)15-16-25(24)34(27)18-19-11-13-21(14-12-19)20-7-3-1-4-8-20/h1-17H,18H2,(H,33,35). The molecule has 0 aliphatic rings. The van der Waals surface area contributed by atoms with Crippen molar-refractivity contribution < 1.29 is 26.4 Å². The van der Waals surface area contributed by atoms with E-state index in [-0.39, 0.29) is 28.0 Å². The summed E-state index contributed by atoms with van der Waals surface area (Å²) in [6.45, 7) is -0.103. The van der Waals surface area contributed by atoms with Crippen LogP contribution >= 0.6 is 0 Å². The number of amides is 1. The van der Waals surface area contributed by atoms with E-state index in [1.54, 1.807) is 18.2 Å². The highest BCUT2D eigenvalue weighted by Crippen LogP contribution is 2.33. The third-order valence-electron chi connectivity index (χ3n) is 5.95. The van der Waals surface area contributed by atoms with Crippen LogP contribution in [0.5, 0.6) is 0 Å². The Kier molecular flexibility index (Phi) is 6.50. The molecule has 0 aliphatic carbocycles. The maximum absolute atomic E-state index is 13.9. The van der Waals surface area contributed by atoms with Gasteiger partial charge in [-0.1, -0.05) is 72.8 Å². The van der Waals surface area contributed by atoms with Crippen LogP contribution < -0.4 is 4.72 Å². The Morgan fingerprint density at radius 2 is 1.42 bits per heavy atom. The molecule has 0 saturated heterocycles. The first-order chi connectivity index (χ1) is 18.1. The van der Waals surface area contributed by atoms with E-state index in [1.807, 2.05) is 47.2 Å². The minimum atomic E-state index is -4.75. The summed E-state index contributed by atoms with van der Waals surface area (Å²) >= 11 is 0. The molecule has 6 nitrogen and oxygen atoms in total. The average molecular weight is 536 g/mol. The molecule has 0 bridgehead atoms. The highest BCUT2D eigenvalue weighted by Gasteiger charge is 2.37. The molecule has 0 fully saturated rings. The Labute approximate surface area is 216 Å². The summed E-state index contributed by atoms with van der Waals surface area (Å²) < 4.78 is 69.7. The van der Waals surface area contributed by atoms with Gasteiger partial charge in [-0.15, -0.1) is 0 Å². The number of carbonyl (C=O) groups is 1. The summed E-state index contributed by atoms with van der Waals surface area (Å²) in [5, 5.41) is 0. The van der Waals surface area contributed by atoms with E-state index >= 15 is 0 Å². The number of carbonyl (C=O) groups excluding carboxylic acids is 1. The molecule has 10 heteroatoms. The number of halogens is 3. The van der Waals surface area contributed by atoms with Crippen molar-refractivity contribution in [2.45, 2.75) is 17.6 Å². The van der Waals surface area contributed by atoms with Gasteiger partial charge < -0.3 is 4.57 Å². The summed E-state index contributed by atoms with van der Waals surface area (Å²) in [7, 11) is -4.16. The first kappa shape index (κ1) is 25.2. The van der Waals surface area contributed by atoms with Crippen LogP contribution in [-0.4, -0.2) is 23.9 Å². The molecule has 4 aromatic carbocycles. The number of rotatable bonds is 6. The fourth-order valence-electron chi connectivity index (χ4n) is 4.10. The van der Waals surface area contributed by atoms with Gasteiger partial charge in [0.05, 0.1) is 15.9 Å². The maximum atomic E-state index is 13.9. The van der Waals surface area contributed by atoms with Gasteiger partial charge in [-0.3, -0.25) is 4.79 Å². The fraction of sp³-hybridized carbons (Fsp3) is 0.0714. The van der Waals surface area contributed by atoms with Crippen molar-refractivity contribution >= 4 is 27.0 Å². The molecule has 1 heterocycles. The fourth-order valence-corrected chi connectivity index (χ4v) is 5.10. The number of benzene rings is 4. The molecule has 0 radical (unpaired) electrons. The van der Waals surface area contributed by atoms with Gasteiger partial charge in [0.25, 0.3) is 15.9 Å². The summed E-state index contributed by atoms with van der Waals surface area (Å²) in [6, 6.07) is 27.8. The van der Waals surface area contributed by atoms with Crippen LogP contribution in [0.15, 0.2) is 108 Å². The predicted octanol–water partition coefficient (Wildman–Crippen LogP) is 5.89. The molecular weight excluding hydrogens is 515 g/mol. The highest BCUT2D eigenvalue weighted by molar-refractivity contribution is 7.90. The summed E-state index contributed by atoms with van der Waals surface area (Å²) in [6.07, 6.45) is -4.75. The first-order valence-electron chi connectivity index (χ1n) is 11.5. The van der Waals surface area contributed by atoms with E-state index < -0.39 is 27.9 Å². The average Bonchev–Trinajstić information content (AvgIpc) is 3.28. The van der Waals surface area contributed by atoms with Crippen LogP contribution in [0, 0.1) is 0 Å². The van der Waals surface area contributed by atoms with Crippen molar-refractivity contribution in [3.8, 4) is 11.1 Å². The van der Waals surface area contributed by atoms with Gasteiger partial charge in [0.1, 0.15) is 0 Å². The molecule has 0 unspecified atom stereocenters. The Balaban J connectivity index is 1.46. The maximum Gasteiger partial charge on any atom is 0.449 e. The Hall–Kier alpha value is -4.44. The van der Waals surface area contributed by atoms with Gasteiger partial charge in [-0.25, -0.2) is 18.1 Å². The third kappa shape index (κ3) is 5.16. The van der Waals surface area contributed by atoms with Crippen LogP contribution in [0.3, 0.4) is 0 Å². The topological polar surface area (TPSA) is 81.1 Å². The SMILES string of the molecule is O=C(NS(=O)(=O)c1ccccc1)c1ccc2c(c1)nc(C(F)(F)F)n2Cc1ccc(-c2ccccc2)cc1. The normalized spacial score (nSPS) is 12.0. The van der Waals surface area contributed by atoms with Crippen LogP contribution in [0.1, 0.15) is 21.7 Å². The van der Waals surface area contributed by atoms with Gasteiger partial charge in [0, 0.05) is 12.1 Å².